The average Bonchev–Trinajstić information content (AvgIpc) is 2.33. The Bertz CT molecular complexity index is 369. The molecule has 0 bridgehead atoms. The number of hydrogen-bond donors (Lipinski definition) is 1. The van der Waals surface area contributed by atoms with E-state index in [-0.39, 0.29) is 11.5 Å². The maximum Gasteiger partial charge on any atom is 0.0634 e. The number of benzene rings is 1. The third kappa shape index (κ3) is 3.02. The summed E-state index contributed by atoms with van der Waals surface area (Å²) in [5, 5.41) is 11.2. The van der Waals surface area contributed by atoms with Crippen LogP contribution in [-0.4, -0.2) is 11.2 Å². The van der Waals surface area contributed by atoms with Gasteiger partial charge in [-0.3, -0.25) is 0 Å². The summed E-state index contributed by atoms with van der Waals surface area (Å²) in [7, 11) is 0. The number of hydrogen-bond acceptors (Lipinski definition) is 1. The highest BCUT2D eigenvalue weighted by atomic mass is 35.5. The lowest BCUT2D eigenvalue weighted by Crippen LogP contribution is -2.35. The third-order valence-corrected chi connectivity index (χ3v) is 4.54. The Kier molecular flexibility index (Phi) is 4.11. The van der Waals surface area contributed by atoms with E-state index in [0.717, 1.165) is 23.4 Å². The van der Waals surface area contributed by atoms with E-state index >= 15 is 0 Å². The van der Waals surface area contributed by atoms with E-state index in [4.69, 9.17) is 11.6 Å². The topological polar surface area (TPSA) is 20.2 Å². The molecule has 1 atom stereocenters. The quantitative estimate of drug-likeness (QED) is 0.854. The van der Waals surface area contributed by atoms with Crippen molar-refractivity contribution in [2.45, 2.75) is 51.6 Å². The van der Waals surface area contributed by atoms with E-state index in [0.29, 0.717) is 6.42 Å². The molecule has 1 fully saturated rings. The Morgan fingerprint density at radius 1 is 1.24 bits per heavy atom. The molecular formula is C15H21ClO. The zero-order valence-corrected chi connectivity index (χ0v) is 11.2. The Morgan fingerprint density at radius 3 is 2.53 bits per heavy atom. The van der Waals surface area contributed by atoms with E-state index in [2.05, 4.69) is 6.92 Å². The lowest BCUT2D eigenvalue weighted by Gasteiger charge is -2.38. The van der Waals surface area contributed by atoms with Crippen molar-refractivity contribution in [1.82, 2.24) is 0 Å². The second-order valence-electron chi connectivity index (χ2n) is 5.53. The zero-order chi connectivity index (χ0) is 12.3. The minimum atomic E-state index is -0.275. The summed E-state index contributed by atoms with van der Waals surface area (Å²) in [6.45, 7) is 2.22. The largest absolute Gasteiger partial charge is 0.392 e. The molecule has 1 aliphatic rings. The van der Waals surface area contributed by atoms with Crippen LogP contribution in [0.2, 0.25) is 5.02 Å². The number of halogens is 1. The highest BCUT2D eigenvalue weighted by Crippen LogP contribution is 2.40. The molecule has 1 aromatic carbocycles. The molecule has 1 N–H and O–H groups in total. The molecule has 1 aromatic rings. The van der Waals surface area contributed by atoms with Gasteiger partial charge in [-0.1, -0.05) is 56.0 Å². The van der Waals surface area contributed by atoms with Crippen LogP contribution in [0.15, 0.2) is 24.3 Å². The molecule has 0 radical (unpaired) electrons. The predicted octanol–water partition coefficient (Wildman–Crippen LogP) is 4.21. The first-order valence-corrected chi connectivity index (χ1v) is 6.91. The lowest BCUT2D eigenvalue weighted by molar-refractivity contribution is 0.0104. The lowest BCUT2D eigenvalue weighted by atomic mass is 9.70. The Morgan fingerprint density at radius 2 is 1.88 bits per heavy atom. The van der Waals surface area contributed by atoms with E-state index < -0.39 is 0 Å². The summed E-state index contributed by atoms with van der Waals surface area (Å²) in [6, 6.07) is 7.82. The van der Waals surface area contributed by atoms with Crippen LogP contribution >= 0.6 is 11.6 Å². The molecule has 0 saturated heterocycles. The fourth-order valence-corrected chi connectivity index (χ4v) is 3.02. The van der Waals surface area contributed by atoms with E-state index in [9.17, 15) is 5.11 Å². The van der Waals surface area contributed by atoms with Crippen LogP contribution in [0.25, 0.3) is 0 Å². The summed E-state index contributed by atoms with van der Waals surface area (Å²) in [5.41, 5.74) is 1.14. The fraction of sp³-hybridized carbons (Fsp3) is 0.600. The van der Waals surface area contributed by atoms with Crippen molar-refractivity contribution in [3.63, 3.8) is 0 Å². The van der Waals surface area contributed by atoms with Gasteiger partial charge in [0.1, 0.15) is 0 Å². The summed E-state index contributed by atoms with van der Waals surface area (Å²) < 4.78 is 0. The Labute approximate surface area is 109 Å². The van der Waals surface area contributed by atoms with Crippen LogP contribution in [0.5, 0.6) is 0 Å². The van der Waals surface area contributed by atoms with Crippen molar-refractivity contribution in [3.05, 3.63) is 34.9 Å². The van der Waals surface area contributed by atoms with Crippen molar-refractivity contribution in [3.8, 4) is 0 Å². The average molecular weight is 253 g/mol. The Balaban J connectivity index is 2.05. The van der Waals surface area contributed by atoms with Crippen LogP contribution in [0, 0.1) is 5.41 Å². The highest BCUT2D eigenvalue weighted by molar-refractivity contribution is 6.31. The number of rotatable bonds is 3. The van der Waals surface area contributed by atoms with Crippen LogP contribution < -0.4 is 0 Å². The molecule has 94 valence electrons. The van der Waals surface area contributed by atoms with Gasteiger partial charge in [0.05, 0.1) is 6.10 Å². The van der Waals surface area contributed by atoms with Gasteiger partial charge in [-0.2, -0.15) is 0 Å². The predicted molar refractivity (Wildman–Crippen MR) is 72.4 cm³/mol. The molecule has 0 amide bonds. The standard InChI is InChI=1S/C15H21ClO/c1-15(9-5-2-6-10-15)14(17)11-12-7-3-4-8-13(12)16/h3-4,7-8,14,17H,2,5-6,9-11H2,1H3. The third-order valence-electron chi connectivity index (χ3n) is 4.17. The van der Waals surface area contributed by atoms with Crippen molar-refractivity contribution in [2.75, 3.05) is 0 Å². The smallest absolute Gasteiger partial charge is 0.0634 e. The monoisotopic (exact) mass is 252 g/mol. The number of aliphatic hydroxyl groups is 1. The van der Waals surface area contributed by atoms with Crippen molar-refractivity contribution < 1.29 is 5.11 Å². The fourth-order valence-electron chi connectivity index (χ4n) is 2.81. The molecule has 1 nitrogen and oxygen atoms in total. The van der Waals surface area contributed by atoms with Gasteiger partial charge < -0.3 is 5.11 Å². The molecule has 0 aromatic heterocycles. The summed E-state index contributed by atoms with van der Waals surface area (Å²) >= 11 is 6.14. The SMILES string of the molecule is CC1(C(O)Cc2ccccc2Cl)CCCCC1. The summed E-state index contributed by atoms with van der Waals surface area (Å²) in [6.07, 6.45) is 6.48. The summed E-state index contributed by atoms with van der Waals surface area (Å²) in [4.78, 5) is 0. The highest BCUT2D eigenvalue weighted by Gasteiger charge is 2.34. The van der Waals surface area contributed by atoms with Gasteiger partial charge >= 0.3 is 0 Å². The van der Waals surface area contributed by atoms with Crippen molar-refractivity contribution in [1.29, 1.82) is 0 Å². The van der Waals surface area contributed by atoms with E-state index in [1.807, 2.05) is 24.3 Å². The van der Waals surface area contributed by atoms with Gasteiger partial charge in [-0.15, -0.1) is 0 Å². The zero-order valence-electron chi connectivity index (χ0n) is 10.5. The molecule has 1 saturated carbocycles. The first kappa shape index (κ1) is 12.9. The minimum Gasteiger partial charge on any atom is -0.392 e. The van der Waals surface area contributed by atoms with Gasteiger partial charge in [0.15, 0.2) is 0 Å². The van der Waals surface area contributed by atoms with E-state index in [1.165, 1.54) is 19.3 Å². The Hall–Kier alpha value is -0.530. The first-order valence-electron chi connectivity index (χ1n) is 6.53. The molecule has 1 unspecified atom stereocenters. The van der Waals surface area contributed by atoms with Crippen LogP contribution in [-0.2, 0) is 6.42 Å². The molecule has 0 spiro atoms. The minimum absolute atomic E-state index is 0.0808. The molecule has 0 heterocycles. The van der Waals surface area contributed by atoms with Crippen molar-refractivity contribution >= 4 is 11.6 Å². The molecule has 2 rings (SSSR count). The molecule has 1 aliphatic carbocycles. The van der Waals surface area contributed by atoms with Crippen molar-refractivity contribution in [2.24, 2.45) is 5.41 Å². The molecule has 0 aliphatic heterocycles. The normalized spacial score (nSPS) is 21.1. The van der Waals surface area contributed by atoms with Gasteiger partial charge in [-0.25, -0.2) is 0 Å². The maximum atomic E-state index is 10.5. The van der Waals surface area contributed by atoms with Gasteiger partial charge in [0.25, 0.3) is 0 Å². The van der Waals surface area contributed by atoms with E-state index in [1.54, 1.807) is 0 Å². The second kappa shape index (κ2) is 5.41. The first-order chi connectivity index (χ1) is 8.12. The van der Waals surface area contributed by atoms with Gasteiger partial charge in [0, 0.05) is 11.4 Å². The maximum absolute atomic E-state index is 10.5. The molecule has 17 heavy (non-hydrogen) atoms. The van der Waals surface area contributed by atoms with Crippen LogP contribution in [0.3, 0.4) is 0 Å². The van der Waals surface area contributed by atoms with Crippen LogP contribution in [0.1, 0.15) is 44.6 Å². The summed E-state index contributed by atoms with van der Waals surface area (Å²) in [5.74, 6) is 0. The molecular weight excluding hydrogens is 232 g/mol. The number of aliphatic hydroxyl groups excluding tert-OH is 1. The van der Waals surface area contributed by atoms with Gasteiger partial charge in [0.2, 0.25) is 0 Å². The van der Waals surface area contributed by atoms with Gasteiger partial charge in [-0.05, 0) is 29.9 Å². The second-order valence-corrected chi connectivity index (χ2v) is 5.93. The molecule has 2 heteroatoms. The van der Waals surface area contributed by atoms with Crippen LogP contribution in [0.4, 0.5) is 0 Å².